The summed E-state index contributed by atoms with van der Waals surface area (Å²) in [6.07, 6.45) is 0. The van der Waals surface area contributed by atoms with Crippen molar-refractivity contribution in [3.63, 3.8) is 0 Å². The molecule has 0 spiro atoms. The second-order valence-corrected chi connectivity index (χ2v) is 4.06. The summed E-state index contributed by atoms with van der Waals surface area (Å²) < 4.78 is 10.2. The Morgan fingerprint density at radius 3 is 1.90 bits per heavy atom. The molecule has 6 heteroatoms. The molecule has 0 heterocycles. The Morgan fingerprint density at radius 2 is 1.43 bits per heavy atom. The number of ether oxygens (including phenoxy) is 2. The van der Waals surface area contributed by atoms with Crippen LogP contribution in [-0.4, -0.2) is 18.9 Å². The molecule has 21 heavy (non-hydrogen) atoms. The fraction of sp³-hybridized carbons (Fsp3) is 0.0667. The number of hydrogen-bond donors (Lipinski definition) is 2. The molecule has 0 aliphatic heterocycles. The van der Waals surface area contributed by atoms with Crippen molar-refractivity contribution in [1.29, 1.82) is 5.41 Å². The molecule has 0 fully saturated rings. The molecule has 2 rings (SSSR count). The van der Waals surface area contributed by atoms with Crippen molar-refractivity contribution in [2.75, 3.05) is 7.11 Å². The van der Waals surface area contributed by atoms with Gasteiger partial charge in [0.25, 0.3) is 0 Å². The van der Waals surface area contributed by atoms with Gasteiger partial charge in [0, 0.05) is 5.56 Å². The topological polar surface area (TPSA) is 85.4 Å². The van der Waals surface area contributed by atoms with Gasteiger partial charge in [-0.15, -0.1) is 12.4 Å². The van der Waals surface area contributed by atoms with E-state index in [4.69, 9.17) is 20.6 Å². The lowest BCUT2D eigenvalue weighted by molar-refractivity contribution is 0.0734. The van der Waals surface area contributed by atoms with Crippen molar-refractivity contribution in [3.8, 4) is 11.5 Å². The molecular formula is C15H15ClN2O3. The largest absolute Gasteiger partial charge is 0.497 e. The first kappa shape index (κ1) is 16.5. The van der Waals surface area contributed by atoms with Crippen LogP contribution in [0.25, 0.3) is 0 Å². The van der Waals surface area contributed by atoms with Gasteiger partial charge in [-0.05, 0) is 48.5 Å². The SMILES string of the molecule is COc1ccc(C(=O)Oc2ccc(C(=N)N)cc2)cc1.Cl. The molecular weight excluding hydrogens is 292 g/mol. The van der Waals surface area contributed by atoms with Gasteiger partial charge in [-0.3, -0.25) is 5.41 Å². The van der Waals surface area contributed by atoms with E-state index in [-0.39, 0.29) is 18.2 Å². The third kappa shape index (κ3) is 4.22. The summed E-state index contributed by atoms with van der Waals surface area (Å²) in [5.41, 5.74) is 6.36. The summed E-state index contributed by atoms with van der Waals surface area (Å²) in [5.74, 6) is 0.587. The first-order valence-corrected chi connectivity index (χ1v) is 5.91. The van der Waals surface area contributed by atoms with E-state index in [1.54, 1.807) is 55.6 Å². The van der Waals surface area contributed by atoms with Crippen LogP contribution in [0, 0.1) is 5.41 Å². The van der Waals surface area contributed by atoms with Crippen LogP contribution < -0.4 is 15.2 Å². The molecule has 0 saturated carbocycles. The maximum absolute atomic E-state index is 11.9. The summed E-state index contributed by atoms with van der Waals surface area (Å²) in [6, 6.07) is 13.1. The van der Waals surface area contributed by atoms with Gasteiger partial charge >= 0.3 is 5.97 Å². The summed E-state index contributed by atoms with van der Waals surface area (Å²) in [4.78, 5) is 11.9. The highest BCUT2D eigenvalue weighted by Crippen LogP contribution is 2.16. The average Bonchev–Trinajstić information content (AvgIpc) is 2.48. The number of nitrogens with two attached hydrogens (primary N) is 1. The Bertz CT molecular complexity index is 624. The Labute approximate surface area is 128 Å². The Balaban J connectivity index is 0.00000220. The minimum absolute atomic E-state index is 0. The van der Waals surface area contributed by atoms with Crippen LogP contribution in [0.2, 0.25) is 0 Å². The van der Waals surface area contributed by atoms with Crippen LogP contribution in [0.3, 0.4) is 0 Å². The highest BCUT2D eigenvalue weighted by Gasteiger charge is 2.08. The summed E-state index contributed by atoms with van der Waals surface area (Å²) >= 11 is 0. The lowest BCUT2D eigenvalue weighted by Gasteiger charge is -2.06. The van der Waals surface area contributed by atoms with Gasteiger partial charge in [0.15, 0.2) is 0 Å². The normalized spacial score (nSPS) is 9.38. The van der Waals surface area contributed by atoms with Gasteiger partial charge in [-0.25, -0.2) is 4.79 Å². The minimum atomic E-state index is -0.455. The molecule has 0 atom stereocenters. The van der Waals surface area contributed by atoms with E-state index in [0.29, 0.717) is 22.6 Å². The van der Waals surface area contributed by atoms with Crippen LogP contribution in [0.1, 0.15) is 15.9 Å². The van der Waals surface area contributed by atoms with E-state index in [1.165, 1.54) is 0 Å². The van der Waals surface area contributed by atoms with Gasteiger partial charge in [0.1, 0.15) is 17.3 Å². The number of carbonyl (C=O) groups excluding carboxylic acids is 1. The zero-order chi connectivity index (χ0) is 14.5. The van der Waals surface area contributed by atoms with E-state index in [1.807, 2.05) is 0 Å². The van der Waals surface area contributed by atoms with Crippen LogP contribution in [0.15, 0.2) is 48.5 Å². The first-order chi connectivity index (χ1) is 9.60. The molecule has 0 amide bonds. The lowest BCUT2D eigenvalue weighted by atomic mass is 10.2. The highest BCUT2D eigenvalue weighted by atomic mass is 35.5. The fourth-order valence-electron chi connectivity index (χ4n) is 1.60. The van der Waals surface area contributed by atoms with Crippen LogP contribution in [0.4, 0.5) is 0 Å². The molecule has 0 bridgehead atoms. The Morgan fingerprint density at radius 1 is 0.952 bits per heavy atom. The lowest BCUT2D eigenvalue weighted by Crippen LogP contribution is -2.11. The van der Waals surface area contributed by atoms with Crippen LogP contribution >= 0.6 is 12.4 Å². The number of amidine groups is 1. The minimum Gasteiger partial charge on any atom is -0.497 e. The molecule has 5 nitrogen and oxygen atoms in total. The maximum Gasteiger partial charge on any atom is 0.343 e. The van der Waals surface area contributed by atoms with Gasteiger partial charge in [0.05, 0.1) is 12.7 Å². The predicted octanol–water partition coefficient (Wildman–Crippen LogP) is 2.62. The number of carbonyl (C=O) groups is 1. The van der Waals surface area contributed by atoms with E-state index < -0.39 is 5.97 Å². The van der Waals surface area contributed by atoms with Gasteiger partial charge in [-0.2, -0.15) is 0 Å². The average molecular weight is 307 g/mol. The highest BCUT2D eigenvalue weighted by molar-refractivity contribution is 5.95. The molecule has 0 saturated heterocycles. The zero-order valence-corrected chi connectivity index (χ0v) is 12.1. The van der Waals surface area contributed by atoms with E-state index in [0.717, 1.165) is 0 Å². The van der Waals surface area contributed by atoms with Gasteiger partial charge < -0.3 is 15.2 Å². The van der Waals surface area contributed by atoms with Crippen LogP contribution in [-0.2, 0) is 0 Å². The molecule has 3 N–H and O–H groups in total. The second kappa shape index (κ2) is 7.31. The molecule has 2 aromatic rings. The number of nitrogens with one attached hydrogen (secondary N) is 1. The molecule has 0 aromatic heterocycles. The summed E-state index contributed by atoms with van der Waals surface area (Å²) in [5, 5.41) is 7.28. The van der Waals surface area contributed by atoms with E-state index in [9.17, 15) is 4.79 Å². The third-order valence-electron chi connectivity index (χ3n) is 2.70. The van der Waals surface area contributed by atoms with Crippen molar-refractivity contribution < 1.29 is 14.3 Å². The maximum atomic E-state index is 11.9. The van der Waals surface area contributed by atoms with Crippen molar-refractivity contribution in [1.82, 2.24) is 0 Å². The Hall–Kier alpha value is -2.53. The first-order valence-electron chi connectivity index (χ1n) is 5.91. The van der Waals surface area contributed by atoms with Crippen molar-refractivity contribution in [2.45, 2.75) is 0 Å². The molecule has 0 aliphatic rings. The number of nitrogen functional groups attached to an aromatic ring is 1. The smallest absolute Gasteiger partial charge is 0.343 e. The number of halogens is 1. The molecule has 0 unspecified atom stereocenters. The fourth-order valence-corrected chi connectivity index (χ4v) is 1.60. The van der Waals surface area contributed by atoms with Crippen LogP contribution in [0.5, 0.6) is 11.5 Å². The van der Waals surface area contributed by atoms with Gasteiger partial charge in [0.2, 0.25) is 0 Å². The summed E-state index contributed by atoms with van der Waals surface area (Å²) in [7, 11) is 1.56. The zero-order valence-electron chi connectivity index (χ0n) is 11.3. The number of rotatable bonds is 4. The Kier molecular flexibility index (Phi) is 5.75. The predicted molar refractivity (Wildman–Crippen MR) is 82.7 cm³/mol. The van der Waals surface area contributed by atoms with Gasteiger partial charge in [-0.1, -0.05) is 0 Å². The third-order valence-corrected chi connectivity index (χ3v) is 2.70. The van der Waals surface area contributed by atoms with E-state index >= 15 is 0 Å². The second-order valence-electron chi connectivity index (χ2n) is 4.06. The molecule has 2 aromatic carbocycles. The van der Waals surface area contributed by atoms with Crippen molar-refractivity contribution >= 4 is 24.2 Å². The molecule has 0 aliphatic carbocycles. The number of hydrogen-bond acceptors (Lipinski definition) is 4. The van der Waals surface area contributed by atoms with E-state index in [2.05, 4.69) is 0 Å². The summed E-state index contributed by atoms with van der Waals surface area (Å²) in [6.45, 7) is 0. The monoisotopic (exact) mass is 306 g/mol. The standard InChI is InChI=1S/C15H14N2O3.ClH/c1-19-12-6-4-11(5-7-12)15(18)20-13-8-2-10(3-9-13)14(16)17;/h2-9H,1H3,(H3,16,17);1H. The molecule has 0 radical (unpaired) electrons. The van der Waals surface area contributed by atoms with Crippen molar-refractivity contribution in [2.24, 2.45) is 5.73 Å². The van der Waals surface area contributed by atoms with Crippen molar-refractivity contribution in [3.05, 3.63) is 59.7 Å². The quantitative estimate of drug-likeness (QED) is 0.393. The number of benzene rings is 2. The molecule has 110 valence electrons. The number of methoxy groups -OCH3 is 1. The number of esters is 1.